The normalized spacial score (nSPS) is 11.6. The number of nitrogens with zero attached hydrogens (tertiary/aromatic N) is 3. The van der Waals surface area contributed by atoms with Gasteiger partial charge in [-0.2, -0.15) is 0 Å². The number of aromatic nitrogens is 1. The molecule has 0 bridgehead atoms. The first-order valence-electron chi connectivity index (χ1n) is 5.26. The molecule has 0 aromatic carbocycles. The highest BCUT2D eigenvalue weighted by molar-refractivity contribution is 7.15. The van der Waals surface area contributed by atoms with Gasteiger partial charge in [-0.1, -0.05) is 18.5 Å². The molecule has 0 atom stereocenters. The van der Waals surface area contributed by atoms with Crippen LogP contribution in [0.25, 0.3) is 0 Å². The molecule has 1 heterocycles. The van der Waals surface area contributed by atoms with Crippen molar-refractivity contribution in [3.05, 3.63) is 37.6 Å². The molecule has 0 saturated heterocycles. The minimum Gasteiger partial charge on any atom is -0.365 e. The highest BCUT2D eigenvalue weighted by Gasteiger charge is 2.12. The fraction of sp³-hybridized carbons (Fsp3) is 0.500. The summed E-state index contributed by atoms with van der Waals surface area (Å²) < 4.78 is 0.493. The number of rotatable bonds is 6. The fourth-order valence-corrected chi connectivity index (χ4v) is 2.47. The first kappa shape index (κ1) is 13.9. The summed E-state index contributed by atoms with van der Waals surface area (Å²) in [5, 5.41) is 10.5. The van der Waals surface area contributed by atoms with Gasteiger partial charge in [-0.25, -0.2) is 4.98 Å². The maximum absolute atomic E-state index is 10.5. The predicted octanol–water partition coefficient (Wildman–Crippen LogP) is 3.15. The van der Waals surface area contributed by atoms with Crippen LogP contribution in [0.1, 0.15) is 25.1 Å². The second kappa shape index (κ2) is 6.56. The lowest BCUT2D eigenvalue weighted by atomic mass is 10.3. The van der Waals surface area contributed by atoms with Gasteiger partial charge >= 0.3 is 0 Å². The third-order valence-electron chi connectivity index (χ3n) is 2.28. The van der Waals surface area contributed by atoms with E-state index >= 15 is 0 Å². The van der Waals surface area contributed by atoms with E-state index in [9.17, 15) is 10.1 Å². The first-order chi connectivity index (χ1) is 8.06. The van der Waals surface area contributed by atoms with Gasteiger partial charge in [0.1, 0.15) is 0 Å². The maximum atomic E-state index is 10.5. The van der Waals surface area contributed by atoms with Crippen molar-refractivity contribution < 1.29 is 4.92 Å². The molecule has 1 rings (SSSR count). The van der Waals surface area contributed by atoms with Crippen LogP contribution in [0.15, 0.2) is 18.1 Å². The molecule has 17 heavy (non-hydrogen) atoms. The van der Waals surface area contributed by atoms with Crippen molar-refractivity contribution in [3.63, 3.8) is 0 Å². The Morgan fingerprint density at radius 3 is 2.82 bits per heavy atom. The van der Waals surface area contributed by atoms with Crippen molar-refractivity contribution in [3.8, 4) is 0 Å². The zero-order valence-corrected chi connectivity index (χ0v) is 11.3. The molecule has 0 amide bonds. The van der Waals surface area contributed by atoms with Crippen LogP contribution in [-0.4, -0.2) is 21.4 Å². The lowest BCUT2D eigenvalue weighted by molar-refractivity contribution is -0.404. The van der Waals surface area contributed by atoms with Gasteiger partial charge in [0.05, 0.1) is 17.2 Å². The number of halogens is 1. The smallest absolute Gasteiger partial charge is 0.253 e. The van der Waals surface area contributed by atoms with Crippen LogP contribution in [0, 0.1) is 10.1 Å². The highest BCUT2D eigenvalue weighted by atomic mass is 35.5. The number of nitro groups is 1. The van der Waals surface area contributed by atoms with Crippen molar-refractivity contribution >= 4 is 22.9 Å². The predicted molar refractivity (Wildman–Crippen MR) is 68.6 cm³/mol. The van der Waals surface area contributed by atoms with E-state index in [4.69, 9.17) is 11.6 Å². The molecule has 0 saturated carbocycles. The van der Waals surface area contributed by atoms with Crippen molar-refractivity contribution in [1.82, 2.24) is 9.88 Å². The van der Waals surface area contributed by atoms with E-state index in [-0.39, 0.29) is 0 Å². The van der Waals surface area contributed by atoms with E-state index in [0.29, 0.717) is 29.7 Å². The Hall–Kier alpha value is -1.14. The summed E-state index contributed by atoms with van der Waals surface area (Å²) >= 11 is 7.14. The standard InChI is InChI=1S/C10H14ClN3O2S/c1-3-8(6-14(15)16)13(4-2)7-9-5-12-10(11)17-9/h5-6H,3-4,7H2,1-2H3. The van der Waals surface area contributed by atoms with Crippen LogP contribution in [0.3, 0.4) is 0 Å². The lowest BCUT2D eigenvalue weighted by Crippen LogP contribution is -2.22. The molecule has 0 radical (unpaired) electrons. The average molecular weight is 276 g/mol. The van der Waals surface area contributed by atoms with Gasteiger partial charge in [0.2, 0.25) is 0 Å². The van der Waals surface area contributed by atoms with Crippen molar-refractivity contribution in [2.75, 3.05) is 6.54 Å². The third-order valence-corrected chi connectivity index (χ3v) is 3.38. The van der Waals surface area contributed by atoms with Gasteiger partial charge < -0.3 is 4.90 Å². The minimum atomic E-state index is -0.416. The van der Waals surface area contributed by atoms with Gasteiger partial charge in [-0.05, 0) is 13.3 Å². The zero-order valence-electron chi connectivity index (χ0n) is 9.72. The van der Waals surface area contributed by atoms with E-state index in [2.05, 4.69) is 4.98 Å². The molecule has 0 N–H and O–H groups in total. The summed E-state index contributed by atoms with van der Waals surface area (Å²) in [6, 6.07) is 0. The monoisotopic (exact) mass is 275 g/mol. The van der Waals surface area contributed by atoms with Gasteiger partial charge in [-0.3, -0.25) is 10.1 Å². The van der Waals surface area contributed by atoms with E-state index in [1.807, 2.05) is 18.7 Å². The Kier molecular flexibility index (Phi) is 5.37. The van der Waals surface area contributed by atoms with Gasteiger partial charge in [-0.15, -0.1) is 11.3 Å². The van der Waals surface area contributed by atoms with E-state index < -0.39 is 4.92 Å². The second-order valence-electron chi connectivity index (χ2n) is 3.35. The average Bonchev–Trinajstić information content (AvgIpc) is 2.68. The molecule has 0 unspecified atom stereocenters. The second-order valence-corrected chi connectivity index (χ2v) is 5.05. The summed E-state index contributed by atoms with van der Waals surface area (Å²) in [5.74, 6) is 0. The Balaban J connectivity index is 2.80. The topological polar surface area (TPSA) is 59.3 Å². The van der Waals surface area contributed by atoms with Crippen molar-refractivity contribution in [1.29, 1.82) is 0 Å². The molecule has 5 nitrogen and oxygen atoms in total. The van der Waals surface area contributed by atoms with Crippen LogP contribution in [0.5, 0.6) is 0 Å². The minimum absolute atomic E-state index is 0.416. The molecule has 0 spiro atoms. The largest absolute Gasteiger partial charge is 0.365 e. The van der Waals surface area contributed by atoms with Crippen molar-refractivity contribution in [2.45, 2.75) is 26.8 Å². The van der Waals surface area contributed by atoms with Crippen LogP contribution >= 0.6 is 22.9 Å². The molecule has 7 heteroatoms. The van der Waals surface area contributed by atoms with Gasteiger partial charge in [0.25, 0.3) is 6.20 Å². The summed E-state index contributed by atoms with van der Waals surface area (Å²) in [4.78, 5) is 17.0. The number of allylic oxidation sites excluding steroid dienone is 1. The summed E-state index contributed by atoms with van der Waals surface area (Å²) in [7, 11) is 0. The number of hydrogen-bond acceptors (Lipinski definition) is 5. The zero-order chi connectivity index (χ0) is 12.8. The molecule has 0 aliphatic rings. The van der Waals surface area contributed by atoms with E-state index in [1.54, 1.807) is 6.20 Å². The Labute approximate surface area is 109 Å². The Bertz CT molecular complexity index is 419. The van der Waals surface area contributed by atoms with Gasteiger partial charge in [0.15, 0.2) is 4.47 Å². The molecule has 1 aromatic heterocycles. The van der Waals surface area contributed by atoms with Gasteiger partial charge in [0, 0.05) is 17.6 Å². The molecule has 0 aliphatic heterocycles. The Morgan fingerprint density at radius 2 is 2.41 bits per heavy atom. The fourth-order valence-electron chi connectivity index (χ4n) is 1.48. The van der Waals surface area contributed by atoms with Crippen LogP contribution in [0.4, 0.5) is 0 Å². The first-order valence-corrected chi connectivity index (χ1v) is 6.45. The lowest BCUT2D eigenvalue weighted by Gasteiger charge is -2.22. The van der Waals surface area contributed by atoms with Crippen molar-refractivity contribution in [2.24, 2.45) is 0 Å². The van der Waals surface area contributed by atoms with Crippen LogP contribution in [0.2, 0.25) is 4.47 Å². The highest BCUT2D eigenvalue weighted by Crippen LogP contribution is 2.21. The quantitative estimate of drug-likeness (QED) is 0.591. The van der Waals surface area contributed by atoms with E-state index in [1.165, 1.54) is 11.3 Å². The molecular formula is C10H14ClN3O2S. The summed E-state index contributed by atoms with van der Waals surface area (Å²) in [6.07, 6.45) is 3.39. The molecule has 1 aromatic rings. The third kappa shape index (κ3) is 4.32. The number of thiazole rings is 1. The molecule has 0 aliphatic carbocycles. The number of hydrogen-bond donors (Lipinski definition) is 0. The molecular weight excluding hydrogens is 262 g/mol. The summed E-state index contributed by atoms with van der Waals surface area (Å²) in [6.45, 7) is 5.18. The maximum Gasteiger partial charge on any atom is 0.253 e. The van der Waals surface area contributed by atoms with Crippen LogP contribution < -0.4 is 0 Å². The van der Waals surface area contributed by atoms with Crippen LogP contribution in [-0.2, 0) is 6.54 Å². The SMILES string of the molecule is CCC(=C[N+](=O)[O-])N(CC)Cc1cnc(Cl)s1. The molecule has 0 fully saturated rings. The Morgan fingerprint density at radius 1 is 1.71 bits per heavy atom. The molecule has 94 valence electrons. The van der Waals surface area contributed by atoms with E-state index in [0.717, 1.165) is 11.1 Å². The summed E-state index contributed by atoms with van der Waals surface area (Å²) in [5.41, 5.74) is 0.710.